The number of ether oxygens (including phenoxy) is 2. The first-order valence-electron chi connectivity index (χ1n) is 8.23. The van der Waals surface area contributed by atoms with Crippen LogP contribution in [0.25, 0.3) is 11.4 Å². The minimum atomic E-state index is 0.211. The van der Waals surface area contributed by atoms with E-state index in [-0.39, 0.29) is 12.6 Å². The van der Waals surface area contributed by atoms with Gasteiger partial charge in [0, 0.05) is 30.1 Å². The molecule has 0 radical (unpaired) electrons. The van der Waals surface area contributed by atoms with Crippen molar-refractivity contribution in [1.82, 2.24) is 19.7 Å². The number of nitrogens with zero attached hydrogens (tertiary/aromatic N) is 4. The van der Waals surface area contributed by atoms with Gasteiger partial charge >= 0.3 is 0 Å². The van der Waals surface area contributed by atoms with E-state index in [0.29, 0.717) is 17.2 Å². The van der Waals surface area contributed by atoms with Crippen LogP contribution in [0.1, 0.15) is 35.8 Å². The molecule has 0 saturated carbocycles. The first kappa shape index (κ1) is 17.6. The summed E-state index contributed by atoms with van der Waals surface area (Å²) in [5, 5.41) is 4.36. The van der Waals surface area contributed by atoms with Crippen LogP contribution in [-0.2, 0) is 6.61 Å². The molecular formula is C19H20N4O3. The van der Waals surface area contributed by atoms with Crippen molar-refractivity contribution in [2.45, 2.75) is 26.5 Å². The zero-order valence-electron chi connectivity index (χ0n) is 14.9. The summed E-state index contributed by atoms with van der Waals surface area (Å²) >= 11 is 0. The second-order valence-electron chi connectivity index (χ2n) is 5.94. The summed E-state index contributed by atoms with van der Waals surface area (Å²) in [5.41, 5.74) is 2.99. The molecule has 7 heteroatoms. The molecule has 0 unspecified atom stereocenters. The fraction of sp³-hybridized carbons (Fsp3) is 0.263. The van der Waals surface area contributed by atoms with Crippen LogP contribution in [0.15, 0.2) is 42.9 Å². The number of pyridine rings is 2. The van der Waals surface area contributed by atoms with E-state index in [2.05, 4.69) is 28.9 Å². The summed E-state index contributed by atoms with van der Waals surface area (Å²) < 4.78 is 12.8. The molecule has 0 atom stereocenters. The first-order valence-corrected chi connectivity index (χ1v) is 8.23. The number of hydrogen-bond acceptors (Lipinski definition) is 6. The maximum atomic E-state index is 11.3. The van der Waals surface area contributed by atoms with E-state index in [4.69, 9.17) is 9.47 Å². The highest BCUT2D eigenvalue weighted by Gasteiger charge is 2.14. The summed E-state index contributed by atoms with van der Waals surface area (Å²) in [6.07, 6.45) is 5.70. The largest absolute Gasteiger partial charge is 0.486 e. The van der Waals surface area contributed by atoms with Gasteiger partial charge in [-0.05, 0) is 26.0 Å². The third-order valence-corrected chi connectivity index (χ3v) is 3.89. The van der Waals surface area contributed by atoms with Crippen molar-refractivity contribution < 1.29 is 14.3 Å². The Morgan fingerprint density at radius 1 is 1.23 bits per heavy atom. The van der Waals surface area contributed by atoms with Gasteiger partial charge in [-0.25, -0.2) is 4.98 Å². The molecule has 3 aromatic rings. The molecule has 3 rings (SSSR count). The van der Waals surface area contributed by atoms with E-state index in [1.54, 1.807) is 18.5 Å². The second-order valence-corrected chi connectivity index (χ2v) is 5.94. The standard InChI is InChI=1S/C19H20N4O3/c1-13(2)23-16(6-8-22-23)19-14(5-4-7-20-19)12-26-17-10-21-18(25-3)9-15(17)11-24/h4-11,13H,12H2,1-3H3. The lowest BCUT2D eigenvalue weighted by molar-refractivity contribution is 0.111. The molecule has 3 aromatic heterocycles. The van der Waals surface area contributed by atoms with Crippen LogP contribution in [0.2, 0.25) is 0 Å². The minimum absolute atomic E-state index is 0.211. The fourth-order valence-electron chi connectivity index (χ4n) is 2.62. The normalized spacial score (nSPS) is 10.8. The smallest absolute Gasteiger partial charge is 0.213 e. The highest BCUT2D eigenvalue weighted by Crippen LogP contribution is 2.26. The highest BCUT2D eigenvalue weighted by atomic mass is 16.5. The van der Waals surface area contributed by atoms with Gasteiger partial charge in [0.1, 0.15) is 12.4 Å². The third kappa shape index (κ3) is 3.56. The summed E-state index contributed by atoms with van der Waals surface area (Å²) in [6.45, 7) is 4.38. The monoisotopic (exact) mass is 352 g/mol. The van der Waals surface area contributed by atoms with E-state index in [0.717, 1.165) is 23.2 Å². The lowest BCUT2D eigenvalue weighted by atomic mass is 10.1. The molecule has 7 nitrogen and oxygen atoms in total. The second kappa shape index (κ2) is 7.77. The molecule has 3 heterocycles. The van der Waals surface area contributed by atoms with Crippen LogP contribution in [-0.4, -0.2) is 33.1 Å². The van der Waals surface area contributed by atoms with Gasteiger partial charge in [-0.2, -0.15) is 5.10 Å². The number of carbonyl (C=O) groups is 1. The topological polar surface area (TPSA) is 79.1 Å². The van der Waals surface area contributed by atoms with Crippen LogP contribution in [0.3, 0.4) is 0 Å². The Morgan fingerprint density at radius 3 is 2.81 bits per heavy atom. The van der Waals surface area contributed by atoms with E-state index in [1.807, 2.05) is 22.9 Å². The van der Waals surface area contributed by atoms with Crippen molar-refractivity contribution in [2.75, 3.05) is 7.11 Å². The van der Waals surface area contributed by atoms with E-state index in [9.17, 15) is 4.79 Å². The quantitative estimate of drug-likeness (QED) is 0.607. The van der Waals surface area contributed by atoms with Gasteiger partial charge in [0.15, 0.2) is 6.29 Å². The molecule has 26 heavy (non-hydrogen) atoms. The van der Waals surface area contributed by atoms with E-state index in [1.165, 1.54) is 13.3 Å². The van der Waals surface area contributed by atoms with Crippen LogP contribution in [0.4, 0.5) is 0 Å². The van der Waals surface area contributed by atoms with Gasteiger partial charge in [0.05, 0.1) is 30.3 Å². The number of methoxy groups -OCH3 is 1. The van der Waals surface area contributed by atoms with Crippen LogP contribution in [0.5, 0.6) is 11.6 Å². The number of carbonyl (C=O) groups excluding carboxylic acids is 1. The number of aromatic nitrogens is 4. The van der Waals surface area contributed by atoms with E-state index >= 15 is 0 Å². The fourth-order valence-corrected chi connectivity index (χ4v) is 2.62. The molecule has 134 valence electrons. The average Bonchev–Trinajstić information content (AvgIpc) is 3.16. The number of aldehydes is 1. The molecule has 0 spiro atoms. The predicted octanol–water partition coefficient (Wildman–Crippen LogP) is 3.32. The number of rotatable bonds is 7. The van der Waals surface area contributed by atoms with Crippen LogP contribution in [0, 0.1) is 0 Å². The maximum Gasteiger partial charge on any atom is 0.213 e. The summed E-state index contributed by atoms with van der Waals surface area (Å²) in [6, 6.07) is 7.48. The van der Waals surface area contributed by atoms with Gasteiger partial charge in [-0.15, -0.1) is 0 Å². The third-order valence-electron chi connectivity index (χ3n) is 3.89. The summed E-state index contributed by atoms with van der Waals surface area (Å²) in [5.74, 6) is 0.760. The Kier molecular flexibility index (Phi) is 5.26. The van der Waals surface area contributed by atoms with Crippen molar-refractivity contribution >= 4 is 6.29 Å². The molecule has 0 N–H and O–H groups in total. The molecule has 0 aromatic carbocycles. The van der Waals surface area contributed by atoms with Gasteiger partial charge in [0.2, 0.25) is 5.88 Å². The first-order chi connectivity index (χ1) is 12.6. The molecular weight excluding hydrogens is 332 g/mol. The van der Waals surface area contributed by atoms with Gasteiger partial charge in [-0.1, -0.05) is 6.07 Å². The molecule has 0 aliphatic heterocycles. The Labute approximate surface area is 151 Å². The summed E-state index contributed by atoms with van der Waals surface area (Å²) in [4.78, 5) is 19.9. The van der Waals surface area contributed by atoms with Crippen molar-refractivity contribution in [3.8, 4) is 23.0 Å². The Morgan fingerprint density at radius 2 is 2.08 bits per heavy atom. The minimum Gasteiger partial charge on any atom is -0.486 e. The van der Waals surface area contributed by atoms with Crippen molar-refractivity contribution in [2.24, 2.45) is 0 Å². The SMILES string of the molecule is COc1cc(C=O)c(OCc2cccnc2-c2ccnn2C(C)C)cn1. The number of hydrogen-bond donors (Lipinski definition) is 0. The molecule has 0 amide bonds. The highest BCUT2D eigenvalue weighted by molar-refractivity contribution is 5.79. The predicted molar refractivity (Wildman–Crippen MR) is 96.4 cm³/mol. The van der Waals surface area contributed by atoms with Gasteiger partial charge in [0.25, 0.3) is 0 Å². The Bertz CT molecular complexity index is 905. The van der Waals surface area contributed by atoms with Crippen molar-refractivity contribution in [1.29, 1.82) is 0 Å². The molecule has 0 bridgehead atoms. The van der Waals surface area contributed by atoms with Crippen LogP contribution < -0.4 is 9.47 Å². The maximum absolute atomic E-state index is 11.3. The summed E-state index contributed by atoms with van der Waals surface area (Å²) in [7, 11) is 1.50. The van der Waals surface area contributed by atoms with Crippen LogP contribution >= 0.6 is 0 Å². The van der Waals surface area contributed by atoms with Crippen molar-refractivity contribution in [3.63, 3.8) is 0 Å². The lowest BCUT2D eigenvalue weighted by Crippen LogP contribution is -2.08. The molecule has 0 aliphatic carbocycles. The average molecular weight is 352 g/mol. The zero-order chi connectivity index (χ0) is 18.5. The van der Waals surface area contributed by atoms with Gasteiger partial charge in [-0.3, -0.25) is 14.5 Å². The van der Waals surface area contributed by atoms with Crippen molar-refractivity contribution in [3.05, 3.63) is 54.0 Å². The lowest BCUT2D eigenvalue weighted by Gasteiger charge is -2.14. The Balaban J connectivity index is 1.88. The molecule has 0 saturated heterocycles. The van der Waals surface area contributed by atoms with Gasteiger partial charge < -0.3 is 9.47 Å². The Hall–Kier alpha value is -3.22. The van der Waals surface area contributed by atoms with E-state index < -0.39 is 0 Å². The molecule has 0 fully saturated rings. The zero-order valence-corrected chi connectivity index (χ0v) is 14.9. The molecule has 0 aliphatic rings.